The number of hydrogen-bond donors (Lipinski definition) is 0. The molecule has 0 aromatic heterocycles. The van der Waals surface area contributed by atoms with Crippen molar-refractivity contribution in [2.75, 3.05) is 12.4 Å². The minimum atomic E-state index is 0.402. The molecule has 0 saturated heterocycles. The van der Waals surface area contributed by atoms with E-state index >= 15 is 0 Å². The molecule has 2 heteroatoms. The molecular weight excluding hydrogens is 228 g/mol. The normalized spacial score (nSPS) is 15.1. The van der Waals surface area contributed by atoms with E-state index in [4.69, 9.17) is 4.74 Å². The number of alkyl halides is 1. The van der Waals surface area contributed by atoms with Gasteiger partial charge in [0.1, 0.15) is 0 Å². The monoisotopic (exact) mass is 248 g/mol. The Bertz CT molecular complexity index is 152. The van der Waals surface area contributed by atoms with Crippen molar-refractivity contribution in [1.29, 1.82) is 0 Å². The maximum atomic E-state index is 5.40. The summed E-state index contributed by atoms with van der Waals surface area (Å²) in [5, 5.41) is 0.957. The van der Waals surface area contributed by atoms with Gasteiger partial charge in [-0.1, -0.05) is 41.4 Å². The van der Waals surface area contributed by atoms with E-state index in [-0.39, 0.29) is 0 Å². The fourth-order valence-corrected chi connectivity index (χ4v) is 1.88. The summed E-state index contributed by atoms with van der Waals surface area (Å²) < 4.78 is 5.40. The summed E-state index contributed by atoms with van der Waals surface area (Å²) in [5.41, 5.74) is 1.44. The van der Waals surface area contributed by atoms with Gasteiger partial charge in [0, 0.05) is 12.4 Å². The first kappa shape index (κ1) is 13.2. The Labute approximate surface area is 90.7 Å². The highest BCUT2D eigenvalue weighted by Gasteiger charge is 2.11. The maximum absolute atomic E-state index is 5.40. The predicted molar refractivity (Wildman–Crippen MR) is 62.4 cm³/mol. The molecule has 0 aliphatic heterocycles. The third-order valence-corrected chi connectivity index (χ3v) is 2.62. The van der Waals surface area contributed by atoms with Gasteiger partial charge in [-0.2, -0.15) is 0 Å². The lowest BCUT2D eigenvalue weighted by atomic mass is 10.00. The molecule has 0 rings (SSSR count). The quantitative estimate of drug-likeness (QED) is 0.514. The zero-order chi connectivity index (χ0) is 10.3. The van der Waals surface area contributed by atoms with Crippen LogP contribution in [0, 0.1) is 5.92 Å². The fourth-order valence-electron chi connectivity index (χ4n) is 1.33. The SMILES string of the molecule is COC(CC/C(C)=C/CBr)C(C)C. The lowest BCUT2D eigenvalue weighted by molar-refractivity contribution is 0.0584. The van der Waals surface area contributed by atoms with Crippen LogP contribution in [0.4, 0.5) is 0 Å². The summed E-state index contributed by atoms with van der Waals surface area (Å²) in [5.74, 6) is 0.613. The van der Waals surface area contributed by atoms with Gasteiger partial charge in [0.05, 0.1) is 6.10 Å². The molecule has 1 atom stereocenters. The average Bonchev–Trinajstić information content (AvgIpc) is 2.05. The van der Waals surface area contributed by atoms with Gasteiger partial charge in [-0.3, -0.25) is 0 Å². The van der Waals surface area contributed by atoms with Crippen molar-refractivity contribution in [3.05, 3.63) is 11.6 Å². The van der Waals surface area contributed by atoms with Crippen molar-refractivity contribution in [2.24, 2.45) is 5.92 Å². The van der Waals surface area contributed by atoms with Crippen LogP contribution in [0.5, 0.6) is 0 Å². The van der Waals surface area contributed by atoms with Crippen molar-refractivity contribution in [3.63, 3.8) is 0 Å². The molecule has 0 N–H and O–H groups in total. The molecule has 1 nitrogen and oxygen atoms in total. The lowest BCUT2D eigenvalue weighted by Crippen LogP contribution is -2.17. The second kappa shape index (κ2) is 7.57. The molecule has 0 fully saturated rings. The van der Waals surface area contributed by atoms with Crippen molar-refractivity contribution < 1.29 is 4.74 Å². The number of allylic oxidation sites excluding steroid dienone is 2. The summed E-state index contributed by atoms with van der Waals surface area (Å²) >= 11 is 3.40. The van der Waals surface area contributed by atoms with E-state index < -0.39 is 0 Å². The Hall–Kier alpha value is 0.180. The summed E-state index contributed by atoms with van der Waals surface area (Å²) in [6, 6.07) is 0. The Morgan fingerprint density at radius 3 is 2.46 bits per heavy atom. The highest BCUT2D eigenvalue weighted by atomic mass is 79.9. The maximum Gasteiger partial charge on any atom is 0.0597 e. The van der Waals surface area contributed by atoms with Gasteiger partial charge in [0.2, 0.25) is 0 Å². The zero-order valence-electron chi connectivity index (χ0n) is 9.14. The van der Waals surface area contributed by atoms with Crippen LogP contribution in [0.25, 0.3) is 0 Å². The van der Waals surface area contributed by atoms with Gasteiger partial charge in [-0.05, 0) is 25.7 Å². The minimum Gasteiger partial charge on any atom is -0.381 e. The van der Waals surface area contributed by atoms with Crippen LogP contribution >= 0.6 is 15.9 Å². The number of rotatable bonds is 6. The van der Waals surface area contributed by atoms with Gasteiger partial charge in [-0.15, -0.1) is 0 Å². The fraction of sp³-hybridized carbons (Fsp3) is 0.818. The van der Waals surface area contributed by atoms with Crippen molar-refractivity contribution in [3.8, 4) is 0 Å². The van der Waals surface area contributed by atoms with Crippen molar-refractivity contribution in [1.82, 2.24) is 0 Å². The molecule has 0 aliphatic rings. The molecule has 0 aromatic rings. The van der Waals surface area contributed by atoms with Crippen molar-refractivity contribution >= 4 is 15.9 Å². The van der Waals surface area contributed by atoms with Crippen LogP contribution in [0.3, 0.4) is 0 Å². The van der Waals surface area contributed by atoms with E-state index in [0.717, 1.165) is 18.2 Å². The van der Waals surface area contributed by atoms with E-state index in [2.05, 4.69) is 42.8 Å². The Morgan fingerprint density at radius 2 is 2.08 bits per heavy atom. The molecule has 0 spiro atoms. The second-order valence-electron chi connectivity index (χ2n) is 3.76. The third kappa shape index (κ3) is 6.28. The summed E-state index contributed by atoms with van der Waals surface area (Å²) in [6.45, 7) is 6.59. The number of halogens is 1. The first-order chi connectivity index (χ1) is 6.11. The van der Waals surface area contributed by atoms with E-state index in [1.165, 1.54) is 5.57 Å². The molecule has 0 aromatic carbocycles. The second-order valence-corrected chi connectivity index (χ2v) is 4.41. The van der Waals surface area contributed by atoms with E-state index in [1.54, 1.807) is 7.11 Å². The van der Waals surface area contributed by atoms with E-state index in [1.807, 2.05) is 0 Å². The van der Waals surface area contributed by atoms with Gasteiger partial charge in [0.15, 0.2) is 0 Å². The number of hydrogen-bond acceptors (Lipinski definition) is 1. The van der Waals surface area contributed by atoms with Crippen LogP contribution in [-0.4, -0.2) is 18.5 Å². The van der Waals surface area contributed by atoms with Crippen molar-refractivity contribution in [2.45, 2.75) is 39.7 Å². The number of ether oxygens (including phenoxy) is 1. The lowest BCUT2D eigenvalue weighted by Gasteiger charge is -2.18. The minimum absolute atomic E-state index is 0.402. The molecule has 1 unspecified atom stereocenters. The average molecular weight is 249 g/mol. The Kier molecular flexibility index (Phi) is 7.68. The highest BCUT2D eigenvalue weighted by molar-refractivity contribution is 9.09. The summed E-state index contributed by atoms with van der Waals surface area (Å²) in [6.07, 6.45) is 4.89. The van der Waals surface area contributed by atoms with Gasteiger partial charge in [0.25, 0.3) is 0 Å². The van der Waals surface area contributed by atoms with E-state index in [0.29, 0.717) is 12.0 Å². The highest BCUT2D eigenvalue weighted by Crippen LogP contribution is 2.15. The van der Waals surface area contributed by atoms with Crippen LogP contribution in [0.2, 0.25) is 0 Å². The molecule has 0 saturated carbocycles. The van der Waals surface area contributed by atoms with Gasteiger partial charge in [-0.25, -0.2) is 0 Å². The van der Waals surface area contributed by atoms with Gasteiger partial charge >= 0.3 is 0 Å². The van der Waals surface area contributed by atoms with Crippen LogP contribution in [-0.2, 0) is 4.74 Å². The molecule has 0 radical (unpaired) electrons. The molecule has 13 heavy (non-hydrogen) atoms. The first-order valence-corrected chi connectivity index (χ1v) is 5.98. The Balaban J connectivity index is 3.78. The third-order valence-electron chi connectivity index (χ3n) is 2.30. The molecular formula is C11H21BrO. The predicted octanol–water partition coefficient (Wildman–Crippen LogP) is 3.78. The smallest absolute Gasteiger partial charge is 0.0597 e. The largest absolute Gasteiger partial charge is 0.381 e. The van der Waals surface area contributed by atoms with Crippen LogP contribution in [0.1, 0.15) is 33.6 Å². The van der Waals surface area contributed by atoms with Crippen LogP contribution < -0.4 is 0 Å². The zero-order valence-corrected chi connectivity index (χ0v) is 10.7. The number of methoxy groups -OCH3 is 1. The van der Waals surface area contributed by atoms with E-state index in [9.17, 15) is 0 Å². The summed E-state index contributed by atoms with van der Waals surface area (Å²) in [7, 11) is 1.80. The molecule has 78 valence electrons. The molecule has 0 amide bonds. The summed E-state index contributed by atoms with van der Waals surface area (Å²) in [4.78, 5) is 0. The van der Waals surface area contributed by atoms with Crippen LogP contribution in [0.15, 0.2) is 11.6 Å². The molecule has 0 heterocycles. The molecule has 0 bridgehead atoms. The van der Waals surface area contributed by atoms with Gasteiger partial charge < -0.3 is 4.74 Å². The standard InChI is InChI=1S/C11H21BrO/c1-9(2)11(13-4)6-5-10(3)7-8-12/h7,9,11H,5-6,8H2,1-4H3/b10-7+. The first-order valence-electron chi connectivity index (χ1n) is 4.86. The Morgan fingerprint density at radius 1 is 1.46 bits per heavy atom. The topological polar surface area (TPSA) is 9.23 Å². The molecule has 0 aliphatic carbocycles.